The van der Waals surface area contributed by atoms with Crippen LogP contribution in [0.3, 0.4) is 0 Å². The van der Waals surface area contributed by atoms with Gasteiger partial charge >= 0.3 is 0 Å². The molecule has 0 fully saturated rings. The first kappa shape index (κ1) is 17.7. The van der Waals surface area contributed by atoms with Crippen LogP contribution in [0.5, 0.6) is 0 Å². The summed E-state index contributed by atoms with van der Waals surface area (Å²) in [4.78, 5) is 35.4. The van der Waals surface area contributed by atoms with E-state index in [1.807, 2.05) is 6.92 Å². The maximum absolute atomic E-state index is 12.1. The van der Waals surface area contributed by atoms with Crippen LogP contribution in [0, 0.1) is 0 Å². The van der Waals surface area contributed by atoms with Crippen molar-refractivity contribution in [2.24, 2.45) is 0 Å². The van der Waals surface area contributed by atoms with Crippen LogP contribution in [-0.4, -0.2) is 17.7 Å². The first-order valence-corrected chi connectivity index (χ1v) is 7.88. The summed E-state index contributed by atoms with van der Waals surface area (Å²) in [6, 6.07) is 12.8. The highest BCUT2D eigenvalue weighted by Crippen LogP contribution is 2.14. The van der Waals surface area contributed by atoms with E-state index in [4.69, 9.17) is 11.6 Å². The SMILES string of the molecule is CCCC(=O)NC(=O)c1ccc(NC(=O)c2ccc(Cl)cc2)cc1. The number of benzene rings is 2. The fraction of sp³-hybridized carbons (Fsp3) is 0.167. The Morgan fingerprint density at radius 3 is 2.00 bits per heavy atom. The molecule has 6 heteroatoms. The van der Waals surface area contributed by atoms with Gasteiger partial charge in [0, 0.05) is 28.3 Å². The quantitative estimate of drug-likeness (QED) is 0.869. The molecule has 0 bridgehead atoms. The number of halogens is 1. The van der Waals surface area contributed by atoms with Gasteiger partial charge < -0.3 is 5.32 Å². The number of carbonyl (C=O) groups excluding carboxylic acids is 3. The minimum atomic E-state index is -0.455. The van der Waals surface area contributed by atoms with E-state index in [1.165, 1.54) is 0 Å². The minimum absolute atomic E-state index is 0.276. The maximum Gasteiger partial charge on any atom is 0.257 e. The zero-order valence-corrected chi connectivity index (χ0v) is 13.9. The third-order valence-electron chi connectivity index (χ3n) is 3.24. The van der Waals surface area contributed by atoms with E-state index in [2.05, 4.69) is 10.6 Å². The Bertz CT molecular complexity index is 740. The molecule has 0 aromatic heterocycles. The summed E-state index contributed by atoms with van der Waals surface area (Å²) in [5.41, 5.74) is 1.38. The predicted octanol–water partition coefficient (Wildman–Crippen LogP) is 3.65. The molecular weight excluding hydrogens is 328 g/mol. The lowest BCUT2D eigenvalue weighted by Gasteiger charge is -2.07. The van der Waals surface area contributed by atoms with Gasteiger partial charge in [0.15, 0.2) is 0 Å². The number of carbonyl (C=O) groups is 3. The number of rotatable bonds is 5. The number of amides is 3. The smallest absolute Gasteiger partial charge is 0.257 e. The van der Waals surface area contributed by atoms with Gasteiger partial charge in [0.05, 0.1) is 0 Å². The van der Waals surface area contributed by atoms with Crippen molar-refractivity contribution < 1.29 is 14.4 Å². The molecule has 2 aromatic rings. The molecule has 0 saturated carbocycles. The lowest BCUT2D eigenvalue weighted by Crippen LogP contribution is -2.30. The van der Waals surface area contributed by atoms with Gasteiger partial charge in [-0.15, -0.1) is 0 Å². The van der Waals surface area contributed by atoms with Gasteiger partial charge in [-0.2, -0.15) is 0 Å². The highest BCUT2D eigenvalue weighted by molar-refractivity contribution is 6.30. The van der Waals surface area contributed by atoms with E-state index in [0.717, 1.165) is 0 Å². The van der Waals surface area contributed by atoms with Gasteiger partial charge in [0.2, 0.25) is 5.91 Å². The molecule has 0 unspecified atom stereocenters. The third kappa shape index (κ3) is 4.93. The number of hydrogen-bond acceptors (Lipinski definition) is 3. The van der Waals surface area contributed by atoms with Crippen molar-refractivity contribution in [1.29, 1.82) is 0 Å². The Morgan fingerprint density at radius 1 is 0.875 bits per heavy atom. The normalized spacial score (nSPS) is 10.1. The molecule has 0 radical (unpaired) electrons. The topological polar surface area (TPSA) is 75.3 Å². The van der Waals surface area contributed by atoms with Crippen LogP contribution in [0.15, 0.2) is 48.5 Å². The van der Waals surface area contributed by atoms with Gasteiger partial charge in [-0.05, 0) is 55.0 Å². The zero-order valence-electron chi connectivity index (χ0n) is 13.1. The summed E-state index contributed by atoms with van der Waals surface area (Å²) in [6.45, 7) is 1.86. The minimum Gasteiger partial charge on any atom is -0.322 e. The van der Waals surface area contributed by atoms with Crippen molar-refractivity contribution in [3.8, 4) is 0 Å². The molecule has 24 heavy (non-hydrogen) atoms. The Morgan fingerprint density at radius 2 is 1.42 bits per heavy atom. The van der Waals surface area contributed by atoms with Crippen molar-refractivity contribution in [1.82, 2.24) is 5.32 Å². The average molecular weight is 345 g/mol. The predicted molar refractivity (Wildman–Crippen MR) is 93.2 cm³/mol. The molecule has 0 aliphatic carbocycles. The zero-order chi connectivity index (χ0) is 17.5. The molecule has 2 aromatic carbocycles. The van der Waals surface area contributed by atoms with Crippen LogP contribution in [0.1, 0.15) is 40.5 Å². The summed E-state index contributed by atoms with van der Waals surface area (Å²) in [7, 11) is 0. The number of imide groups is 1. The Hall–Kier alpha value is -2.66. The van der Waals surface area contributed by atoms with Crippen LogP contribution in [0.4, 0.5) is 5.69 Å². The van der Waals surface area contributed by atoms with Crippen molar-refractivity contribution in [3.05, 3.63) is 64.7 Å². The van der Waals surface area contributed by atoms with E-state index in [9.17, 15) is 14.4 Å². The molecule has 2 rings (SSSR count). The molecule has 124 valence electrons. The van der Waals surface area contributed by atoms with Crippen molar-refractivity contribution in [3.63, 3.8) is 0 Å². The Kier molecular flexibility index (Phi) is 6.09. The molecule has 0 spiro atoms. The molecule has 0 aliphatic rings. The van der Waals surface area contributed by atoms with Crippen LogP contribution < -0.4 is 10.6 Å². The summed E-state index contributed by atoms with van der Waals surface area (Å²) in [5.74, 6) is -1.03. The highest BCUT2D eigenvalue weighted by Gasteiger charge is 2.10. The second kappa shape index (κ2) is 8.26. The summed E-state index contributed by atoms with van der Waals surface area (Å²) in [6.07, 6.45) is 0.982. The van der Waals surface area contributed by atoms with E-state index in [0.29, 0.717) is 34.7 Å². The van der Waals surface area contributed by atoms with E-state index >= 15 is 0 Å². The standard InChI is InChI=1S/C18H17ClN2O3/c1-2-3-16(22)21-18(24)13-6-10-15(11-7-13)20-17(23)12-4-8-14(19)9-5-12/h4-11H,2-3H2,1H3,(H,20,23)(H,21,22,24). The maximum atomic E-state index is 12.1. The fourth-order valence-electron chi connectivity index (χ4n) is 2.00. The monoisotopic (exact) mass is 344 g/mol. The average Bonchev–Trinajstić information content (AvgIpc) is 2.56. The summed E-state index contributed by atoms with van der Waals surface area (Å²) < 4.78 is 0. The second-order valence-corrected chi connectivity index (χ2v) is 5.60. The number of anilines is 1. The third-order valence-corrected chi connectivity index (χ3v) is 3.49. The van der Waals surface area contributed by atoms with E-state index in [1.54, 1.807) is 48.5 Å². The van der Waals surface area contributed by atoms with Gasteiger partial charge in [-0.3, -0.25) is 19.7 Å². The van der Waals surface area contributed by atoms with E-state index < -0.39 is 5.91 Å². The lowest BCUT2D eigenvalue weighted by atomic mass is 10.1. The molecule has 0 atom stereocenters. The molecular formula is C18H17ClN2O3. The molecule has 0 aliphatic heterocycles. The Balaban J connectivity index is 1.99. The molecule has 0 heterocycles. The molecule has 0 saturated heterocycles. The molecule has 5 nitrogen and oxygen atoms in total. The van der Waals surface area contributed by atoms with Gasteiger partial charge in [-0.25, -0.2) is 0 Å². The van der Waals surface area contributed by atoms with Gasteiger partial charge in [0.1, 0.15) is 0 Å². The second-order valence-electron chi connectivity index (χ2n) is 5.17. The lowest BCUT2D eigenvalue weighted by molar-refractivity contribution is -0.120. The van der Waals surface area contributed by atoms with Crippen LogP contribution in [0.25, 0.3) is 0 Å². The summed E-state index contributed by atoms with van der Waals surface area (Å²) >= 11 is 5.79. The molecule has 3 amide bonds. The van der Waals surface area contributed by atoms with Crippen LogP contribution in [-0.2, 0) is 4.79 Å². The highest BCUT2D eigenvalue weighted by atomic mass is 35.5. The van der Waals surface area contributed by atoms with Gasteiger partial charge in [-0.1, -0.05) is 18.5 Å². The molecule has 2 N–H and O–H groups in total. The largest absolute Gasteiger partial charge is 0.322 e. The number of hydrogen-bond donors (Lipinski definition) is 2. The fourth-order valence-corrected chi connectivity index (χ4v) is 2.12. The number of nitrogens with one attached hydrogen (secondary N) is 2. The first-order valence-electron chi connectivity index (χ1n) is 7.50. The Labute approximate surface area is 145 Å². The van der Waals surface area contributed by atoms with Crippen molar-refractivity contribution in [2.75, 3.05) is 5.32 Å². The van der Waals surface area contributed by atoms with Crippen molar-refractivity contribution in [2.45, 2.75) is 19.8 Å². The van der Waals surface area contributed by atoms with Gasteiger partial charge in [0.25, 0.3) is 11.8 Å². The summed E-state index contributed by atoms with van der Waals surface area (Å²) in [5, 5.41) is 5.59. The van der Waals surface area contributed by atoms with E-state index in [-0.39, 0.29) is 11.8 Å². The van der Waals surface area contributed by atoms with Crippen molar-refractivity contribution >= 4 is 35.0 Å². The van der Waals surface area contributed by atoms with Crippen LogP contribution in [0.2, 0.25) is 5.02 Å². The first-order chi connectivity index (χ1) is 11.5. The van der Waals surface area contributed by atoms with Crippen LogP contribution >= 0.6 is 11.6 Å².